The van der Waals surface area contributed by atoms with E-state index in [-0.39, 0.29) is 11.9 Å². The largest absolute Gasteiger partial charge is 0.334 e. The van der Waals surface area contributed by atoms with Crippen molar-refractivity contribution in [2.24, 2.45) is 5.73 Å². The zero-order valence-corrected chi connectivity index (χ0v) is 14.1. The van der Waals surface area contributed by atoms with Crippen molar-refractivity contribution in [3.63, 3.8) is 0 Å². The molecule has 2 heterocycles. The number of benzene rings is 1. The van der Waals surface area contributed by atoms with Gasteiger partial charge in [0.1, 0.15) is 0 Å². The Morgan fingerprint density at radius 1 is 1.13 bits per heavy atom. The number of carbonyl (C=O) groups is 1. The molecule has 0 bridgehead atoms. The number of likely N-dealkylation sites (tertiary alicyclic amines) is 1. The first-order valence-electron chi connectivity index (χ1n) is 8.68. The van der Waals surface area contributed by atoms with Crippen LogP contribution in [-0.4, -0.2) is 73.0 Å². The number of nitrogens with zero attached hydrogens (tertiary/aromatic N) is 3. The van der Waals surface area contributed by atoms with Crippen molar-refractivity contribution < 1.29 is 4.79 Å². The maximum Gasteiger partial charge on any atom is 0.254 e. The first-order valence-corrected chi connectivity index (χ1v) is 8.68. The van der Waals surface area contributed by atoms with Crippen LogP contribution in [0.2, 0.25) is 0 Å². The zero-order valence-electron chi connectivity index (χ0n) is 14.1. The van der Waals surface area contributed by atoms with E-state index in [1.807, 2.05) is 17.0 Å². The highest BCUT2D eigenvalue weighted by Crippen LogP contribution is 2.20. The molecule has 2 fully saturated rings. The SMILES string of the molecule is CN1CCN(Cc2ccc(C(=O)N3CCC[C@@H]3CN)cc2)CC1. The van der Waals surface area contributed by atoms with Gasteiger partial charge in [0.15, 0.2) is 0 Å². The second-order valence-electron chi connectivity index (χ2n) is 6.81. The van der Waals surface area contributed by atoms with Crippen LogP contribution in [-0.2, 0) is 6.54 Å². The summed E-state index contributed by atoms with van der Waals surface area (Å²) in [7, 11) is 2.17. The topological polar surface area (TPSA) is 52.8 Å². The van der Waals surface area contributed by atoms with Gasteiger partial charge >= 0.3 is 0 Å². The number of carbonyl (C=O) groups excluding carboxylic acids is 1. The summed E-state index contributed by atoms with van der Waals surface area (Å²) in [5.41, 5.74) is 7.84. The van der Waals surface area contributed by atoms with Crippen LogP contribution in [0.1, 0.15) is 28.8 Å². The van der Waals surface area contributed by atoms with Gasteiger partial charge in [0, 0.05) is 57.4 Å². The van der Waals surface area contributed by atoms with Crippen molar-refractivity contribution >= 4 is 5.91 Å². The Bertz CT molecular complexity index is 522. The maximum atomic E-state index is 12.6. The molecule has 2 aliphatic heterocycles. The molecule has 3 rings (SSSR count). The Hall–Kier alpha value is -1.43. The van der Waals surface area contributed by atoms with E-state index in [0.29, 0.717) is 6.54 Å². The molecule has 0 saturated carbocycles. The van der Waals surface area contributed by atoms with E-state index in [0.717, 1.165) is 57.7 Å². The van der Waals surface area contributed by atoms with Crippen molar-refractivity contribution in [1.82, 2.24) is 14.7 Å². The van der Waals surface area contributed by atoms with Crippen molar-refractivity contribution in [2.45, 2.75) is 25.4 Å². The summed E-state index contributed by atoms with van der Waals surface area (Å²) >= 11 is 0. The quantitative estimate of drug-likeness (QED) is 0.900. The van der Waals surface area contributed by atoms with Crippen LogP contribution < -0.4 is 5.73 Å². The third-order valence-electron chi connectivity index (χ3n) is 5.11. The Labute approximate surface area is 139 Å². The summed E-state index contributed by atoms with van der Waals surface area (Å²) in [5.74, 6) is 0.129. The lowest BCUT2D eigenvalue weighted by Gasteiger charge is -2.32. The van der Waals surface area contributed by atoms with Crippen LogP contribution >= 0.6 is 0 Å². The van der Waals surface area contributed by atoms with Crippen LogP contribution in [0.4, 0.5) is 0 Å². The van der Waals surface area contributed by atoms with Gasteiger partial charge in [-0.05, 0) is 37.6 Å². The molecule has 2 N–H and O–H groups in total. The van der Waals surface area contributed by atoms with Crippen LogP contribution in [0.5, 0.6) is 0 Å². The second-order valence-corrected chi connectivity index (χ2v) is 6.81. The predicted molar refractivity (Wildman–Crippen MR) is 92.3 cm³/mol. The molecule has 1 amide bonds. The zero-order chi connectivity index (χ0) is 16.2. The molecule has 1 aromatic rings. The lowest BCUT2D eigenvalue weighted by Crippen LogP contribution is -2.43. The molecule has 2 aliphatic rings. The second kappa shape index (κ2) is 7.43. The maximum absolute atomic E-state index is 12.6. The first-order chi connectivity index (χ1) is 11.2. The van der Waals surface area contributed by atoms with Crippen molar-refractivity contribution in [2.75, 3.05) is 46.3 Å². The van der Waals surface area contributed by atoms with Gasteiger partial charge in [-0.25, -0.2) is 0 Å². The highest BCUT2D eigenvalue weighted by molar-refractivity contribution is 5.94. The number of nitrogens with two attached hydrogens (primary N) is 1. The molecule has 2 saturated heterocycles. The number of hydrogen-bond donors (Lipinski definition) is 1. The molecule has 0 radical (unpaired) electrons. The summed E-state index contributed by atoms with van der Waals surface area (Å²) in [6, 6.07) is 8.35. The molecular weight excluding hydrogens is 288 g/mol. The first kappa shape index (κ1) is 16.4. The number of piperazine rings is 1. The summed E-state index contributed by atoms with van der Waals surface area (Å²) in [6.45, 7) is 6.86. The highest BCUT2D eigenvalue weighted by atomic mass is 16.2. The van der Waals surface area contributed by atoms with Crippen molar-refractivity contribution in [3.8, 4) is 0 Å². The molecule has 23 heavy (non-hydrogen) atoms. The molecule has 0 aromatic heterocycles. The molecule has 1 atom stereocenters. The number of hydrogen-bond acceptors (Lipinski definition) is 4. The van der Waals surface area contributed by atoms with Crippen molar-refractivity contribution in [1.29, 1.82) is 0 Å². The molecule has 0 unspecified atom stereocenters. The molecule has 0 spiro atoms. The Balaban J connectivity index is 1.59. The average Bonchev–Trinajstić information content (AvgIpc) is 3.06. The summed E-state index contributed by atoms with van der Waals surface area (Å²) in [6.07, 6.45) is 2.10. The molecule has 1 aromatic carbocycles. The minimum Gasteiger partial charge on any atom is -0.334 e. The third-order valence-corrected chi connectivity index (χ3v) is 5.11. The van der Waals surface area contributed by atoms with Gasteiger partial charge in [0.25, 0.3) is 5.91 Å². The van der Waals surface area contributed by atoms with Gasteiger partial charge in [-0.3, -0.25) is 9.69 Å². The monoisotopic (exact) mass is 316 g/mol. The fourth-order valence-electron chi connectivity index (χ4n) is 3.53. The van der Waals surface area contributed by atoms with Gasteiger partial charge in [-0.1, -0.05) is 12.1 Å². The minimum absolute atomic E-state index is 0.129. The van der Waals surface area contributed by atoms with E-state index < -0.39 is 0 Å². The predicted octanol–water partition coefficient (Wildman–Crippen LogP) is 0.997. The summed E-state index contributed by atoms with van der Waals surface area (Å²) in [5, 5.41) is 0. The minimum atomic E-state index is 0.129. The number of rotatable bonds is 4. The van der Waals surface area contributed by atoms with Gasteiger partial charge in [-0.15, -0.1) is 0 Å². The van der Waals surface area contributed by atoms with Gasteiger partial charge in [0.2, 0.25) is 0 Å². The Kier molecular flexibility index (Phi) is 5.30. The highest BCUT2D eigenvalue weighted by Gasteiger charge is 2.28. The van der Waals surface area contributed by atoms with Gasteiger partial charge < -0.3 is 15.5 Å². The smallest absolute Gasteiger partial charge is 0.254 e. The lowest BCUT2D eigenvalue weighted by atomic mass is 10.1. The van der Waals surface area contributed by atoms with Gasteiger partial charge in [0.05, 0.1) is 0 Å². The molecular formula is C18H28N4O. The Morgan fingerprint density at radius 2 is 1.83 bits per heavy atom. The van der Waals surface area contributed by atoms with Crippen LogP contribution in [0, 0.1) is 0 Å². The van der Waals surface area contributed by atoms with E-state index in [9.17, 15) is 4.79 Å². The Morgan fingerprint density at radius 3 is 2.48 bits per heavy atom. The molecule has 126 valence electrons. The van der Waals surface area contributed by atoms with Crippen LogP contribution in [0.25, 0.3) is 0 Å². The fourth-order valence-corrected chi connectivity index (χ4v) is 3.53. The van der Waals surface area contributed by atoms with Gasteiger partial charge in [-0.2, -0.15) is 0 Å². The van der Waals surface area contributed by atoms with Crippen LogP contribution in [0.3, 0.4) is 0 Å². The van der Waals surface area contributed by atoms with E-state index in [1.165, 1.54) is 5.56 Å². The fraction of sp³-hybridized carbons (Fsp3) is 0.611. The van der Waals surface area contributed by atoms with E-state index in [1.54, 1.807) is 0 Å². The molecule has 5 heteroatoms. The van der Waals surface area contributed by atoms with Crippen LogP contribution in [0.15, 0.2) is 24.3 Å². The number of amides is 1. The lowest BCUT2D eigenvalue weighted by molar-refractivity contribution is 0.0741. The number of likely N-dealkylation sites (N-methyl/N-ethyl adjacent to an activating group) is 1. The van der Waals surface area contributed by atoms with E-state index in [2.05, 4.69) is 29.0 Å². The summed E-state index contributed by atoms with van der Waals surface area (Å²) < 4.78 is 0. The van der Waals surface area contributed by atoms with E-state index >= 15 is 0 Å². The summed E-state index contributed by atoms with van der Waals surface area (Å²) in [4.78, 5) is 19.4. The molecule has 0 aliphatic carbocycles. The normalized spacial score (nSPS) is 23.4. The standard InChI is InChI=1S/C18H28N4O/c1-20-9-11-21(12-10-20)14-15-4-6-16(7-5-15)18(23)22-8-2-3-17(22)13-19/h4-7,17H,2-3,8-14,19H2,1H3/t17-/m1/s1. The third kappa shape index (κ3) is 3.91. The van der Waals surface area contributed by atoms with E-state index in [4.69, 9.17) is 5.73 Å². The average molecular weight is 316 g/mol. The van der Waals surface area contributed by atoms with Crippen molar-refractivity contribution in [3.05, 3.63) is 35.4 Å². The molecule has 5 nitrogen and oxygen atoms in total.